The highest BCUT2D eigenvalue weighted by atomic mass is 32.2. The van der Waals surface area contributed by atoms with Gasteiger partial charge in [0, 0.05) is 23.7 Å². The van der Waals surface area contributed by atoms with Crippen molar-refractivity contribution in [2.45, 2.75) is 39.8 Å². The molecule has 1 rings (SSSR count). The van der Waals surface area contributed by atoms with Crippen LogP contribution in [0.2, 0.25) is 0 Å². The van der Waals surface area contributed by atoms with Gasteiger partial charge in [-0.05, 0) is 44.2 Å². The van der Waals surface area contributed by atoms with Crippen molar-refractivity contribution in [3.63, 3.8) is 0 Å². The van der Waals surface area contributed by atoms with E-state index in [1.165, 1.54) is 16.7 Å². The standard InChI is InChI=1S/C14H25N3O2S2/c1-5-15-14(16-10-13-11(2)6-8-20-13)17-12(3)7-9-21(4,18)19/h6,8,12H,5,7,9-10H2,1-4H3,(H2,15,16,17). The second kappa shape index (κ2) is 8.38. The van der Waals surface area contributed by atoms with Gasteiger partial charge in [-0.25, -0.2) is 13.4 Å². The van der Waals surface area contributed by atoms with E-state index in [4.69, 9.17) is 0 Å². The molecule has 0 aliphatic rings. The minimum atomic E-state index is -2.92. The number of aliphatic imine (C=N–C) groups is 1. The Morgan fingerprint density at radius 1 is 1.48 bits per heavy atom. The molecule has 0 saturated heterocycles. The zero-order valence-electron chi connectivity index (χ0n) is 13.1. The van der Waals surface area contributed by atoms with Gasteiger partial charge in [0.25, 0.3) is 0 Å². The SMILES string of the molecule is CCNC(=NCc1sccc1C)NC(C)CCS(C)(=O)=O. The second-order valence-corrected chi connectivity index (χ2v) is 8.45. The van der Waals surface area contributed by atoms with Crippen LogP contribution >= 0.6 is 11.3 Å². The van der Waals surface area contributed by atoms with Crippen molar-refractivity contribution >= 4 is 27.1 Å². The van der Waals surface area contributed by atoms with Crippen LogP contribution in [0.1, 0.15) is 30.7 Å². The van der Waals surface area contributed by atoms with Crippen LogP contribution in [0.4, 0.5) is 0 Å². The lowest BCUT2D eigenvalue weighted by molar-refractivity contribution is 0.581. The molecule has 1 aromatic heterocycles. The molecular weight excluding hydrogens is 306 g/mol. The Kier molecular flexibility index (Phi) is 7.17. The Hall–Kier alpha value is -1.08. The van der Waals surface area contributed by atoms with Gasteiger partial charge in [-0.1, -0.05) is 0 Å². The highest BCUT2D eigenvalue weighted by Gasteiger charge is 2.09. The predicted molar refractivity (Wildman–Crippen MR) is 90.8 cm³/mol. The molecule has 120 valence electrons. The lowest BCUT2D eigenvalue weighted by atomic mass is 10.2. The quantitative estimate of drug-likeness (QED) is 0.592. The molecule has 0 saturated carbocycles. The molecule has 0 amide bonds. The topological polar surface area (TPSA) is 70.6 Å². The zero-order chi connectivity index (χ0) is 15.9. The largest absolute Gasteiger partial charge is 0.357 e. The highest BCUT2D eigenvalue weighted by Crippen LogP contribution is 2.16. The number of nitrogens with one attached hydrogen (secondary N) is 2. The fraction of sp³-hybridized carbons (Fsp3) is 0.643. The summed E-state index contributed by atoms with van der Waals surface area (Å²) in [5.74, 6) is 0.913. The Morgan fingerprint density at radius 3 is 2.71 bits per heavy atom. The Labute approximate surface area is 131 Å². The molecule has 0 radical (unpaired) electrons. The number of hydrogen-bond acceptors (Lipinski definition) is 4. The van der Waals surface area contributed by atoms with Gasteiger partial charge in [-0.2, -0.15) is 0 Å². The summed E-state index contributed by atoms with van der Waals surface area (Å²) in [7, 11) is -2.92. The minimum Gasteiger partial charge on any atom is -0.357 e. The van der Waals surface area contributed by atoms with E-state index >= 15 is 0 Å². The normalized spacial score (nSPS) is 14.0. The van der Waals surface area contributed by atoms with Gasteiger partial charge in [-0.3, -0.25) is 0 Å². The van der Waals surface area contributed by atoms with Gasteiger partial charge < -0.3 is 10.6 Å². The summed E-state index contributed by atoms with van der Waals surface area (Å²) in [5.41, 5.74) is 1.25. The number of rotatable bonds is 7. The molecule has 5 nitrogen and oxygen atoms in total. The van der Waals surface area contributed by atoms with Crippen molar-refractivity contribution in [2.24, 2.45) is 4.99 Å². The molecule has 21 heavy (non-hydrogen) atoms. The maximum Gasteiger partial charge on any atom is 0.191 e. The number of aryl methyl sites for hydroxylation is 1. The summed E-state index contributed by atoms with van der Waals surface area (Å²) in [5, 5.41) is 8.50. The molecule has 0 aliphatic carbocycles. The summed E-state index contributed by atoms with van der Waals surface area (Å²) in [4.78, 5) is 5.80. The van der Waals surface area contributed by atoms with Gasteiger partial charge >= 0.3 is 0 Å². The molecule has 1 atom stereocenters. The van der Waals surface area contributed by atoms with Crippen molar-refractivity contribution in [2.75, 3.05) is 18.6 Å². The molecule has 1 aromatic rings. The maximum absolute atomic E-state index is 11.2. The van der Waals surface area contributed by atoms with Crippen LogP contribution in [0.3, 0.4) is 0 Å². The fourth-order valence-electron chi connectivity index (χ4n) is 1.73. The van der Waals surface area contributed by atoms with Crippen LogP contribution in [-0.2, 0) is 16.4 Å². The fourth-order valence-corrected chi connectivity index (χ4v) is 3.34. The van der Waals surface area contributed by atoms with E-state index in [0.29, 0.717) is 13.0 Å². The highest BCUT2D eigenvalue weighted by molar-refractivity contribution is 7.90. The van der Waals surface area contributed by atoms with E-state index in [-0.39, 0.29) is 11.8 Å². The summed E-state index contributed by atoms with van der Waals surface area (Å²) < 4.78 is 22.4. The number of guanidine groups is 1. The van der Waals surface area contributed by atoms with Crippen molar-refractivity contribution in [3.8, 4) is 0 Å². The third-order valence-corrected chi connectivity index (χ3v) is 4.98. The first-order chi connectivity index (χ1) is 9.81. The zero-order valence-corrected chi connectivity index (χ0v) is 14.8. The van der Waals surface area contributed by atoms with Crippen molar-refractivity contribution in [1.29, 1.82) is 0 Å². The van der Waals surface area contributed by atoms with E-state index in [1.54, 1.807) is 11.3 Å². The molecule has 2 N–H and O–H groups in total. The second-order valence-electron chi connectivity index (χ2n) is 5.19. The predicted octanol–water partition coefficient (Wildman–Crippen LogP) is 1.93. The number of nitrogens with zero attached hydrogens (tertiary/aromatic N) is 1. The van der Waals surface area contributed by atoms with E-state index in [9.17, 15) is 8.42 Å². The monoisotopic (exact) mass is 331 g/mol. The first-order valence-electron chi connectivity index (χ1n) is 7.07. The van der Waals surface area contributed by atoms with Gasteiger partial charge in [-0.15, -0.1) is 11.3 Å². The number of sulfone groups is 1. The van der Waals surface area contributed by atoms with Gasteiger partial charge in [0.05, 0.1) is 12.3 Å². The average molecular weight is 332 g/mol. The van der Waals surface area contributed by atoms with Crippen molar-refractivity contribution in [3.05, 3.63) is 21.9 Å². The summed E-state index contributed by atoms with van der Waals surface area (Å²) in [6, 6.07) is 2.15. The van der Waals surface area contributed by atoms with Crippen molar-refractivity contribution < 1.29 is 8.42 Å². The summed E-state index contributed by atoms with van der Waals surface area (Å²) in [6.45, 7) is 7.46. The summed E-state index contributed by atoms with van der Waals surface area (Å²) in [6.07, 6.45) is 1.83. The summed E-state index contributed by atoms with van der Waals surface area (Å²) >= 11 is 1.70. The molecule has 1 heterocycles. The van der Waals surface area contributed by atoms with Crippen LogP contribution in [0.5, 0.6) is 0 Å². The lowest BCUT2D eigenvalue weighted by Gasteiger charge is -2.17. The molecule has 0 bridgehead atoms. The lowest BCUT2D eigenvalue weighted by Crippen LogP contribution is -2.42. The molecular formula is C14H25N3O2S2. The van der Waals surface area contributed by atoms with Gasteiger partial charge in [0.1, 0.15) is 9.84 Å². The third-order valence-electron chi connectivity index (χ3n) is 3.00. The molecule has 0 fully saturated rings. The Balaban J connectivity index is 2.58. The van der Waals surface area contributed by atoms with E-state index in [2.05, 4.69) is 34.0 Å². The van der Waals surface area contributed by atoms with Crippen LogP contribution < -0.4 is 10.6 Å². The first kappa shape index (κ1) is 18.0. The van der Waals surface area contributed by atoms with E-state index in [1.807, 2.05) is 13.8 Å². The third kappa shape index (κ3) is 7.47. The smallest absolute Gasteiger partial charge is 0.191 e. The average Bonchev–Trinajstić information content (AvgIpc) is 2.79. The van der Waals surface area contributed by atoms with Crippen LogP contribution in [0, 0.1) is 6.92 Å². The Bertz CT molecular complexity index is 565. The van der Waals surface area contributed by atoms with Gasteiger partial charge in [0.15, 0.2) is 5.96 Å². The first-order valence-corrected chi connectivity index (χ1v) is 10.0. The van der Waals surface area contributed by atoms with Crippen LogP contribution in [0.15, 0.2) is 16.4 Å². The number of thiophene rings is 1. The van der Waals surface area contributed by atoms with Crippen LogP contribution in [-0.4, -0.2) is 39.0 Å². The maximum atomic E-state index is 11.2. The van der Waals surface area contributed by atoms with Gasteiger partial charge in [0.2, 0.25) is 0 Å². The molecule has 0 aliphatic heterocycles. The molecule has 0 aromatic carbocycles. The molecule has 7 heteroatoms. The van der Waals surface area contributed by atoms with E-state index in [0.717, 1.165) is 12.5 Å². The van der Waals surface area contributed by atoms with E-state index < -0.39 is 9.84 Å². The van der Waals surface area contributed by atoms with Crippen molar-refractivity contribution in [1.82, 2.24) is 10.6 Å². The Morgan fingerprint density at radius 2 is 2.19 bits per heavy atom. The van der Waals surface area contributed by atoms with Crippen LogP contribution in [0.25, 0.3) is 0 Å². The number of hydrogen-bond donors (Lipinski definition) is 2. The minimum absolute atomic E-state index is 0.0574. The molecule has 0 spiro atoms. The molecule has 1 unspecified atom stereocenters.